The number of carbonyl (C=O) groups is 1. The molecule has 0 saturated carbocycles. The number of thioether (sulfide) groups is 1. The molecule has 3 nitrogen and oxygen atoms in total. The first-order valence-corrected chi connectivity index (χ1v) is 6.01. The van der Waals surface area contributed by atoms with Crippen LogP contribution < -0.4 is 0 Å². The Morgan fingerprint density at radius 3 is 3.08 bits per heavy atom. The van der Waals surface area contributed by atoms with E-state index in [2.05, 4.69) is 4.90 Å². The molecule has 2 rings (SSSR count). The van der Waals surface area contributed by atoms with Crippen LogP contribution >= 0.6 is 24.0 Å². The Morgan fingerprint density at radius 2 is 2.46 bits per heavy atom. The first-order valence-electron chi connectivity index (χ1n) is 4.45. The predicted octanol–water partition coefficient (Wildman–Crippen LogP) is 0.898. The Balaban J connectivity index is 2.22. The Hall–Kier alpha value is -0.290. The van der Waals surface area contributed by atoms with Crippen LogP contribution in [-0.2, 0) is 4.79 Å². The maximum absolute atomic E-state index is 11.8. The zero-order chi connectivity index (χ0) is 9.42. The van der Waals surface area contributed by atoms with Gasteiger partial charge in [0.25, 0.3) is 5.91 Å². The molecular formula is C8H12N2OS2. The first-order chi connectivity index (χ1) is 6.25. The summed E-state index contributed by atoms with van der Waals surface area (Å²) in [5.41, 5.74) is 0. The lowest BCUT2D eigenvalue weighted by Gasteiger charge is -2.27. The summed E-state index contributed by atoms with van der Waals surface area (Å²) in [6, 6.07) is 0.0497. The highest BCUT2D eigenvalue weighted by molar-refractivity contribution is 7.99. The molecule has 0 aromatic carbocycles. The van der Waals surface area contributed by atoms with Gasteiger partial charge in [0.05, 0.1) is 5.88 Å². The zero-order valence-corrected chi connectivity index (χ0v) is 9.16. The van der Waals surface area contributed by atoms with Crippen molar-refractivity contribution in [3.8, 4) is 0 Å². The molecular weight excluding hydrogens is 204 g/mol. The van der Waals surface area contributed by atoms with Gasteiger partial charge in [0, 0.05) is 6.54 Å². The minimum Gasteiger partial charge on any atom is -0.327 e. The summed E-state index contributed by atoms with van der Waals surface area (Å²) >= 11 is 7.08. The van der Waals surface area contributed by atoms with Crippen LogP contribution in [-0.4, -0.2) is 45.0 Å². The minimum absolute atomic E-state index is 0.0497. The number of fused-ring (bicyclic) bond motifs is 1. The van der Waals surface area contributed by atoms with E-state index in [9.17, 15) is 4.79 Å². The number of rotatable bonds is 1. The van der Waals surface area contributed by atoms with Gasteiger partial charge in [-0.25, -0.2) is 0 Å². The van der Waals surface area contributed by atoms with Gasteiger partial charge in [-0.2, -0.15) is 0 Å². The van der Waals surface area contributed by atoms with E-state index in [0.717, 1.165) is 23.2 Å². The first kappa shape index (κ1) is 9.27. The predicted molar refractivity (Wildman–Crippen MR) is 57.6 cm³/mol. The normalized spacial score (nSPS) is 28.2. The van der Waals surface area contributed by atoms with E-state index in [-0.39, 0.29) is 11.9 Å². The quantitative estimate of drug-likeness (QED) is 0.608. The number of hydrogen-bond donors (Lipinski definition) is 0. The molecule has 2 aliphatic rings. The molecule has 72 valence electrons. The molecule has 1 amide bonds. The average Bonchev–Trinajstić information content (AvgIpc) is 2.41. The Morgan fingerprint density at radius 1 is 1.69 bits per heavy atom. The van der Waals surface area contributed by atoms with Crippen LogP contribution in [0, 0.1) is 0 Å². The van der Waals surface area contributed by atoms with Gasteiger partial charge in [-0.1, -0.05) is 0 Å². The molecule has 0 aromatic rings. The van der Waals surface area contributed by atoms with E-state index in [4.69, 9.17) is 12.2 Å². The van der Waals surface area contributed by atoms with Gasteiger partial charge in [0.1, 0.15) is 6.04 Å². The molecule has 13 heavy (non-hydrogen) atoms. The maximum atomic E-state index is 11.8. The second-order valence-corrected chi connectivity index (χ2v) is 4.62. The largest absolute Gasteiger partial charge is 0.327 e. The van der Waals surface area contributed by atoms with Crippen LogP contribution in [0.2, 0.25) is 0 Å². The molecule has 2 aliphatic heterocycles. The van der Waals surface area contributed by atoms with E-state index in [0.29, 0.717) is 6.54 Å². The number of thiocarbonyl (C=S) groups is 1. The van der Waals surface area contributed by atoms with Gasteiger partial charge in [0.15, 0.2) is 5.11 Å². The molecule has 2 fully saturated rings. The van der Waals surface area contributed by atoms with E-state index in [1.807, 2.05) is 18.7 Å². The van der Waals surface area contributed by atoms with Gasteiger partial charge >= 0.3 is 0 Å². The van der Waals surface area contributed by atoms with Crippen LogP contribution in [0.1, 0.15) is 13.3 Å². The summed E-state index contributed by atoms with van der Waals surface area (Å²) in [5, 5.41) is 0.727. The second kappa shape index (κ2) is 3.46. The van der Waals surface area contributed by atoms with Crippen molar-refractivity contribution in [3.63, 3.8) is 0 Å². The van der Waals surface area contributed by atoms with E-state index in [1.54, 1.807) is 4.90 Å². The molecule has 0 aromatic heterocycles. The monoisotopic (exact) mass is 216 g/mol. The van der Waals surface area contributed by atoms with Gasteiger partial charge in [-0.15, -0.1) is 11.8 Å². The summed E-state index contributed by atoms with van der Waals surface area (Å²) in [7, 11) is 0. The molecule has 0 aliphatic carbocycles. The van der Waals surface area contributed by atoms with Gasteiger partial charge < -0.3 is 4.90 Å². The van der Waals surface area contributed by atoms with Crippen LogP contribution in [0.15, 0.2) is 0 Å². The van der Waals surface area contributed by atoms with Crippen molar-refractivity contribution in [3.05, 3.63) is 0 Å². The zero-order valence-electron chi connectivity index (χ0n) is 7.52. The minimum atomic E-state index is 0.0497. The molecule has 0 radical (unpaired) electrons. The molecule has 5 heteroatoms. The second-order valence-electron chi connectivity index (χ2n) is 3.18. The van der Waals surface area contributed by atoms with Crippen molar-refractivity contribution >= 4 is 35.0 Å². The third-order valence-corrected chi connectivity index (χ3v) is 3.93. The van der Waals surface area contributed by atoms with Gasteiger partial charge in [-0.05, 0) is 31.3 Å². The van der Waals surface area contributed by atoms with Crippen LogP contribution in [0.3, 0.4) is 0 Å². The smallest absolute Gasteiger partial charge is 0.251 e. The lowest BCUT2D eigenvalue weighted by atomic mass is 10.2. The highest BCUT2D eigenvalue weighted by atomic mass is 32.2. The SMILES string of the molecule is CCN1C(=O)C2CCSCN2C1=S. The van der Waals surface area contributed by atoms with E-state index < -0.39 is 0 Å². The van der Waals surface area contributed by atoms with Crippen LogP contribution in [0.4, 0.5) is 0 Å². The van der Waals surface area contributed by atoms with Crippen LogP contribution in [0.5, 0.6) is 0 Å². The van der Waals surface area contributed by atoms with E-state index in [1.165, 1.54) is 0 Å². The molecule has 2 saturated heterocycles. The van der Waals surface area contributed by atoms with E-state index >= 15 is 0 Å². The fourth-order valence-corrected chi connectivity index (χ4v) is 3.28. The topological polar surface area (TPSA) is 23.6 Å². The molecule has 1 atom stereocenters. The molecule has 2 heterocycles. The Bertz CT molecular complexity index is 233. The number of amides is 1. The van der Waals surface area contributed by atoms with Crippen molar-refractivity contribution in [2.75, 3.05) is 18.2 Å². The summed E-state index contributed by atoms with van der Waals surface area (Å²) in [6.07, 6.45) is 0.945. The Labute approximate surface area is 87.4 Å². The number of hydrogen-bond acceptors (Lipinski definition) is 3. The third-order valence-electron chi connectivity index (χ3n) is 2.49. The van der Waals surface area contributed by atoms with Crippen molar-refractivity contribution < 1.29 is 4.79 Å². The number of carbonyl (C=O) groups excluding carboxylic acids is 1. The molecule has 0 N–H and O–H groups in total. The highest BCUT2D eigenvalue weighted by Gasteiger charge is 2.42. The number of likely N-dealkylation sites (N-methyl/N-ethyl adjacent to an activating group) is 1. The lowest BCUT2D eigenvalue weighted by molar-refractivity contribution is -0.128. The van der Waals surface area contributed by atoms with Crippen molar-refractivity contribution in [1.82, 2.24) is 9.80 Å². The standard InChI is InChI=1S/C8H12N2OS2/c1-2-9-7(11)6-3-4-13-5-10(6)8(9)12/h6H,2-5H2,1H3. The summed E-state index contributed by atoms with van der Waals surface area (Å²) < 4.78 is 0. The molecule has 0 spiro atoms. The van der Waals surface area contributed by atoms with Crippen LogP contribution in [0.25, 0.3) is 0 Å². The van der Waals surface area contributed by atoms with Crippen molar-refractivity contribution in [2.45, 2.75) is 19.4 Å². The Kier molecular flexibility index (Phi) is 2.47. The third kappa shape index (κ3) is 1.34. The number of nitrogens with zero attached hydrogens (tertiary/aromatic N) is 2. The van der Waals surface area contributed by atoms with Gasteiger partial charge in [-0.3, -0.25) is 9.69 Å². The average molecular weight is 216 g/mol. The molecule has 0 bridgehead atoms. The maximum Gasteiger partial charge on any atom is 0.251 e. The van der Waals surface area contributed by atoms with Gasteiger partial charge in [0.2, 0.25) is 0 Å². The summed E-state index contributed by atoms with van der Waals surface area (Å²) in [4.78, 5) is 15.5. The summed E-state index contributed by atoms with van der Waals surface area (Å²) in [5.74, 6) is 2.16. The highest BCUT2D eigenvalue weighted by Crippen LogP contribution is 2.28. The fourth-order valence-electron chi connectivity index (χ4n) is 1.77. The summed E-state index contributed by atoms with van der Waals surface area (Å²) in [6.45, 7) is 2.67. The fraction of sp³-hybridized carbons (Fsp3) is 0.750. The molecule has 1 unspecified atom stereocenters. The lowest BCUT2D eigenvalue weighted by Crippen LogP contribution is -2.38. The van der Waals surface area contributed by atoms with Crippen molar-refractivity contribution in [2.24, 2.45) is 0 Å². The van der Waals surface area contributed by atoms with Crippen molar-refractivity contribution in [1.29, 1.82) is 0 Å².